The molecule has 0 aromatic heterocycles. The van der Waals surface area contributed by atoms with Crippen LogP contribution in [0.5, 0.6) is 0 Å². The predicted octanol–water partition coefficient (Wildman–Crippen LogP) is 2.72. The Hall–Kier alpha value is -1.65. The topological polar surface area (TPSA) is 79.4 Å². The van der Waals surface area contributed by atoms with E-state index < -0.39 is 4.92 Å². The van der Waals surface area contributed by atoms with Gasteiger partial charge in [-0.2, -0.15) is 5.26 Å². The molecule has 0 heterocycles. The highest BCUT2D eigenvalue weighted by atomic mass is 79.9. The average Bonchev–Trinajstić information content (AvgIpc) is 2.38. The molecule has 0 N–H and O–H groups in total. The number of halogens is 1. The van der Waals surface area contributed by atoms with Gasteiger partial charge in [0.2, 0.25) is 0 Å². The fraction of sp³-hybridized carbons (Fsp3) is 0.417. The van der Waals surface area contributed by atoms with Crippen molar-refractivity contribution in [3.63, 3.8) is 0 Å². The molecule has 0 fully saturated rings. The summed E-state index contributed by atoms with van der Waals surface area (Å²) in [7, 11) is 1.57. The third-order valence-electron chi connectivity index (χ3n) is 2.53. The Bertz CT molecular complexity index is 488. The van der Waals surface area contributed by atoms with Crippen LogP contribution < -0.4 is 4.90 Å². The highest BCUT2D eigenvalue weighted by Crippen LogP contribution is 2.31. The van der Waals surface area contributed by atoms with E-state index in [4.69, 9.17) is 10.00 Å². The van der Waals surface area contributed by atoms with E-state index in [2.05, 4.69) is 15.9 Å². The van der Waals surface area contributed by atoms with Gasteiger partial charge in [0.25, 0.3) is 5.69 Å². The molecule has 0 aliphatic heterocycles. The van der Waals surface area contributed by atoms with Crippen LogP contribution in [0.4, 0.5) is 11.4 Å². The van der Waals surface area contributed by atoms with E-state index in [0.29, 0.717) is 31.8 Å². The Balaban J connectivity index is 3.08. The Morgan fingerprint density at radius 1 is 1.53 bits per heavy atom. The molecule has 1 rings (SSSR count). The van der Waals surface area contributed by atoms with Crippen molar-refractivity contribution >= 4 is 27.3 Å². The SMILES string of the molecule is COCCN(CCC#N)c1cc(Br)ccc1[N+](=O)[O-]. The molecule has 19 heavy (non-hydrogen) atoms. The highest BCUT2D eigenvalue weighted by Gasteiger charge is 2.19. The van der Waals surface area contributed by atoms with Crippen LogP contribution >= 0.6 is 15.9 Å². The van der Waals surface area contributed by atoms with E-state index in [1.165, 1.54) is 6.07 Å². The largest absolute Gasteiger partial charge is 0.383 e. The maximum Gasteiger partial charge on any atom is 0.292 e. The molecular formula is C12H14BrN3O3. The van der Waals surface area contributed by atoms with Crippen LogP contribution in [0.15, 0.2) is 22.7 Å². The smallest absolute Gasteiger partial charge is 0.292 e. The van der Waals surface area contributed by atoms with Gasteiger partial charge in [-0.3, -0.25) is 10.1 Å². The lowest BCUT2D eigenvalue weighted by Crippen LogP contribution is -2.28. The molecule has 0 aliphatic carbocycles. The molecule has 0 unspecified atom stereocenters. The Kier molecular flexibility index (Phi) is 6.25. The lowest BCUT2D eigenvalue weighted by Gasteiger charge is -2.23. The van der Waals surface area contributed by atoms with Gasteiger partial charge in [-0.15, -0.1) is 0 Å². The van der Waals surface area contributed by atoms with Gasteiger partial charge < -0.3 is 9.64 Å². The zero-order valence-electron chi connectivity index (χ0n) is 10.5. The van der Waals surface area contributed by atoms with Crippen LogP contribution in [0.25, 0.3) is 0 Å². The summed E-state index contributed by atoms with van der Waals surface area (Å²) in [5.74, 6) is 0. The normalized spacial score (nSPS) is 9.95. The second-order valence-corrected chi connectivity index (χ2v) is 4.69. The molecule has 1 aromatic rings. The first-order valence-corrected chi connectivity index (χ1v) is 6.44. The standard InChI is InChI=1S/C12H14BrN3O3/c1-19-8-7-15(6-2-5-14)12-9-10(13)3-4-11(12)16(17)18/h3-4,9H,2,6-8H2,1H3. The number of methoxy groups -OCH3 is 1. The molecule has 0 aliphatic rings. The zero-order chi connectivity index (χ0) is 14.3. The number of nitriles is 1. The summed E-state index contributed by atoms with van der Waals surface area (Å²) in [5, 5.41) is 19.7. The lowest BCUT2D eigenvalue weighted by atomic mass is 10.2. The molecule has 0 atom stereocenters. The van der Waals surface area contributed by atoms with Crippen LogP contribution in [0.2, 0.25) is 0 Å². The van der Waals surface area contributed by atoms with Crippen molar-refractivity contribution in [3.05, 3.63) is 32.8 Å². The molecule has 102 valence electrons. The maximum atomic E-state index is 11.1. The average molecular weight is 328 g/mol. The fourth-order valence-electron chi connectivity index (χ4n) is 1.64. The number of anilines is 1. The third-order valence-corrected chi connectivity index (χ3v) is 3.03. The van der Waals surface area contributed by atoms with E-state index in [9.17, 15) is 10.1 Å². The number of ether oxygens (including phenoxy) is 1. The van der Waals surface area contributed by atoms with Crippen molar-refractivity contribution in [2.75, 3.05) is 31.7 Å². The number of rotatable bonds is 7. The van der Waals surface area contributed by atoms with E-state index in [1.807, 2.05) is 6.07 Å². The molecule has 0 saturated heterocycles. The van der Waals surface area contributed by atoms with Crippen molar-refractivity contribution in [3.8, 4) is 6.07 Å². The van der Waals surface area contributed by atoms with Crippen molar-refractivity contribution < 1.29 is 9.66 Å². The number of nitro benzene ring substituents is 1. The first kappa shape index (κ1) is 15.4. The third kappa shape index (κ3) is 4.50. The van der Waals surface area contributed by atoms with Gasteiger partial charge in [0.15, 0.2) is 0 Å². The summed E-state index contributed by atoms with van der Waals surface area (Å²) in [6, 6.07) is 6.80. The summed E-state index contributed by atoms with van der Waals surface area (Å²) in [6.45, 7) is 1.36. The van der Waals surface area contributed by atoms with E-state index >= 15 is 0 Å². The molecule has 0 saturated carbocycles. The molecular weight excluding hydrogens is 314 g/mol. The van der Waals surface area contributed by atoms with Gasteiger partial charge in [-0.05, 0) is 12.1 Å². The van der Waals surface area contributed by atoms with Crippen molar-refractivity contribution in [1.82, 2.24) is 0 Å². The monoisotopic (exact) mass is 327 g/mol. The number of benzene rings is 1. The first-order valence-electron chi connectivity index (χ1n) is 5.65. The highest BCUT2D eigenvalue weighted by molar-refractivity contribution is 9.10. The van der Waals surface area contributed by atoms with E-state index in [1.54, 1.807) is 24.1 Å². The second kappa shape index (κ2) is 7.71. The van der Waals surface area contributed by atoms with Crippen molar-refractivity contribution in [2.24, 2.45) is 0 Å². The first-order chi connectivity index (χ1) is 9.10. The molecule has 0 radical (unpaired) electrons. The minimum atomic E-state index is -0.423. The van der Waals surface area contributed by atoms with Gasteiger partial charge in [-0.1, -0.05) is 15.9 Å². The van der Waals surface area contributed by atoms with Crippen molar-refractivity contribution in [2.45, 2.75) is 6.42 Å². The van der Waals surface area contributed by atoms with Crippen LogP contribution in [0, 0.1) is 21.4 Å². The summed E-state index contributed by atoms with van der Waals surface area (Å²) >= 11 is 3.30. The number of hydrogen-bond acceptors (Lipinski definition) is 5. The summed E-state index contributed by atoms with van der Waals surface area (Å²) in [4.78, 5) is 12.4. The lowest BCUT2D eigenvalue weighted by molar-refractivity contribution is -0.384. The van der Waals surface area contributed by atoms with Crippen LogP contribution in [-0.2, 0) is 4.74 Å². The second-order valence-electron chi connectivity index (χ2n) is 3.78. The molecule has 1 aromatic carbocycles. The molecule has 0 amide bonds. The Labute approximate surface area is 119 Å². The molecule has 6 nitrogen and oxygen atoms in total. The van der Waals surface area contributed by atoms with Crippen molar-refractivity contribution in [1.29, 1.82) is 5.26 Å². The predicted molar refractivity (Wildman–Crippen MR) is 75.1 cm³/mol. The molecule has 0 spiro atoms. The number of nitro groups is 1. The minimum absolute atomic E-state index is 0.0252. The van der Waals surface area contributed by atoms with Crippen LogP contribution in [0.1, 0.15) is 6.42 Å². The van der Waals surface area contributed by atoms with E-state index in [0.717, 1.165) is 4.47 Å². The van der Waals surface area contributed by atoms with Gasteiger partial charge in [0, 0.05) is 30.7 Å². The van der Waals surface area contributed by atoms with Crippen LogP contribution in [0.3, 0.4) is 0 Å². The van der Waals surface area contributed by atoms with Gasteiger partial charge in [0.05, 0.1) is 24.0 Å². The van der Waals surface area contributed by atoms with Gasteiger partial charge in [0.1, 0.15) is 5.69 Å². The minimum Gasteiger partial charge on any atom is -0.383 e. The summed E-state index contributed by atoms with van der Waals surface area (Å²) < 4.78 is 5.76. The fourth-order valence-corrected chi connectivity index (χ4v) is 1.99. The van der Waals surface area contributed by atoms with Crippen LogP contribution in [-0.4, -0.2) is 31.7 Å². The molecule has 7 heteroatoms. The zero-order valence-corrected chi connectivity index (χ0v) is 12.1. The Morgan fingerprint density at radius 3 is 2.84 bits per heavy atom. The number of nitrogens with zero attached hydrogens (tertiary/aromatic N) is 3. The quantitative estimate of drug-likeness (QED) is 0.568. The van der Waals surface area contributed by atoms with E-state index in [-0.39, 0.29) is 5.69 Å². The summed E-state index contributed by atoms with van der Waals surface area (Å²) in [6.07, 6.45) is 0.299. The molecule has 0 bridgehead atoms. The summed E-state index contributed by atoms with van der Waals surface area (Å²) in [5.41, 5.74) is 0.518. The van der Waals surface area contributed by atoms with Gasteiger partial charge in [-0.25, -0.2) is 0 Å². The Morgan fingerprint density at radius 2 is 2.26 bits per heavy atom. The number of hydrogen-bond donors (Lipinski definition) is 0. The van der Waals surface area contributed by atoms with Gasteiger partial charge >= 0.3 is 0 Å². The maximum absolute atomic E-state index is 11.1.